The third-order valence-corrected chi connectivity index (χ3v) is 4.37. The molecule has 0 bridgehead atoms. The van der Waals surface area contributed by atoms with E-state index < -0.39 is 0 Å². The zero-order chi connectivity index (χ0) is 15.9. The van der Waals surface area contributed by atoms with Gasteiger partial charge in [0.2, 0.25) is 0 Å². The molecule has 120 valence electrons. The Morgan fingerprint density at radius 2 is 2.09 bits per heavy atom. The average Bonchev–Trinajstić information content (AvgIpc) is 3.04. The van der Waals surface area contributed by atoms with Gasteiger partial charge in [0.05, 0.1) is 12.2 Å². The van der Waals surface area contributed by atoms with E-state index in [0.29, 0.717) is 6.54 Å². The zero-order valence-corrected chi connectivity index (χ0v) is 14.5. The van der Waals surface area contributed by atoms with Crippen molar-refractivity contribution in [3.63, 3.8) is 0 Å². The maximum absolute atomic E-state index is 5.19. The fourth-order valence-corrected chi connectivity index (χ4v) is 3.05. The van der Waals surface area contributed by atoms with Gasteiger partial charge >= 0.3 is 0 Å². The quantitative estimate of drug-likeness (QED) is 0.634. The van der Waals surface area contributed by atoms with Gasteiger partial charge in [-0.3, -0.25) is 0 Å². The van der Waals surface area contributed by atoms with Crippen LogP contribution in [0.3, 0.4) is 0 Å². The summed E-state index contributed by atoms with van der Waals surface area (Å²) in [6.45, 7) is 10.5. The Bertz CT molecular complexity index is 610. The van der Waals surface area contributed by atoms with Crippen LogP contribution in [-0.4, -0.2) is 24.2 Å². The van der Waals surface area contributed by atoms with Crippen molar-refractivity contribution in [3.05, 3.63) is 38.9 Å². The van der Waals surface area contributed by atoms with Crippen molar-refractivity contribution in [2.75, 3.05) is 13.1 Å². The summed E-state index contributed by atoms with van der Waals surface area (Å²) in [5.74, 6) is 1.75. The summed E-state index contributed by atoms with van der Waals surface area (Å²) in [6.07, 6.45) is 0.879. The van der Waals surface area contributed by atoms with Gasteiger partial charge in [0.1, 0.15) is 5.76 Å². The van der Waals surface area contributed by atoms with Crippen LogP contribution < -0.4 is 10.6 Å². The van der Waals surface area contributed by atoms with E-state index in [4.69, 9.17) is 4.52 Å². The Morgan fingerprint density at radius 3 is 2.68 bits per heavy atom. The summed E-state index contributed by atoms with van der Waals surface area (Å²) in [5.41, 5.74) is 2.15. The van der Waals surface area contributed by atoms with E-state index in [9.17, 15) is 0 Å². The zero-order valence-electron chi connectivity index (χ0n) is 13.7. The normalized spacial score (nSPS) is 11.7. The summed E-state index contributed by atoms with van der Waals surface area (Å²) < 4.78 is 5.19. The standard InChI is InChI=1S/C16H24N4OS/c1-5-17-16(19-10-14-7-6-11(2)22-14)18-9-8-15-12(3)20-21-13(15)4/h6-7H,5,8-10H2,1-4H3,(H2,17,18,19). The van der Waals surface area contributed by atoms with Gasteiger partial charge in [-0.25, -0.2) is 4.99 Å². The van der Waals surface area contributed by atoms with Crippen molar-refractivity contribution in [1.82, 2.24) is 15.8 Å². The molecule has 0 saturated carbocycles. The van der Waals surface area contributed by atoms with E-state index in [0.717, 1.165) is 36.9 Å². The molecular formula is C16H24N4OS. The molecule has 0 aliphatic rings. The number of aliphatic imine (C=N–C) groups is 1. The second-order valence-electron chi connectivity index (χ2n) is 5.19. The molecule has 0 spiro atoms. The van der Waals surface area contributed by atoms with Crippen LogP contribution in [0.1, 0.15) is 33.7 Å². The molecule has 0 aromatic carbocycles. The molecule has 6 heteroatoms. The molecule has 0 amide bonds. The van der Waals surface area contributed by atoms with E-state index >= 15 is 0 Å². The molecule has 2 heterocycles. The van der Waals surface area contributed by atoms with E-state index in [1.807, 2.05) is 13.8 Å². The number of aromatic nitrogens is 1. The smallest absolute Gasteiger partial charge is 0.191 e. The molecule has 0 aliphatic carbocycles. The molecule has 0 radical (unpaired) electrons. The van der Waals surface area contributed by atoms with Crippen molar-refractivity contribution in [1.29, 1.82) is 0 Å². The van der Waals surface area contributed by atoms with Crippen molar-refractivity contribution in [2.45, 2.75) is 40.7 Å². The maximum atomic E-state index is 5.19. The minimum Gasteiger partial charge on any atom is -0.361 e. The predicted octanol–water partition coefficient (Wildman–Crippen LogP) is 2.96. The van der Waals surface area contributed by atoms with Crippen LogP contribution in [0.25, 0.3) is 0 Å². The van der Waals surface area contributed by atoms with Gasteiger partial charge in [0.15, 0.2) is 5.96 Å². The second kappa shape index (κ2) is 7.98. The Labute approximate surface area is 135 Å². The molecule has 5 nitrogen and oxygen atoms in total. The topological polar surface area (TPSA) is 62.5 Å². The first-order valence-corrected chi connectivity index (χ1v) is 8.41. The highest BCUT2D eigenvalue weighted by Crippen LogP contribution is 2.15. The van der Waals surface area contributed by atoms with Crippen LogP contribution in [-0.2, 0) is 13.0 Å². The van der Waals surface area contributed by atoms with Crippen LogP contribution in [0.4, 0.5) is 0 Å². The molecule has 2 aromatic rings. The van der Waals surface area contributed by atoms with Crippen molar-refractivity contribution >= 4 is 17.3 Å². The molecule has 2 N–H and O–H groups in total. The van der Waals surface area contributed by atoms with Crippen LogP contribution in [0.15, 0.2) is 21.6 Å². The number of hydrogen-bond donors (Lipinski definition) is 2. The summed E-state index contributed by atoms with van der Waals surface area (Å²) in [5, 5.41) is 10.6. The Morgan fingerprint density at radius 1 is 1.27 bits per heavy atom. The third-order valence-electron chi connectivity index (χ3n) is 3.38. The summed E-state index contributed by atoms with van der Waals surface area (Å²) in [7, 11) is 0. The summed E-state index contributed by atoms with van der Waals surface area (Å²) >= 11 is 1.79. The van der Waals surface area contributed by atoms with Gasteiger partial charge in [0, 0.05) is 28.4 Å². The first-order chi connectivity index (χ1) is 10.6. The van der Waals surface area contributed by atoms with Gasteiger partial charge < -0.3 is 15.2 Å². The summed E-state index contributed by atoms with van der Waals surface area (Å²) in [4.78, 5) is 7.23. The van der Waals surface area contributed by atoms with E-state index in [2.05, 4.69) is 46.8 Å². The monoisotopic (exact) mass is 320 g/mol. The first kappa shape index (κ1) is 16.5. The fourth-order valence-electron chi connectivity index (χ4n) is 2.23. The van der Waals surface area contributed by atoms with Gasteiger partial charge in [-0.15, -0.1) is 11.3 Å². The average molecular weight is 320 g/mol. The Balaban J connectivity index is 1.88. The number of nitrogens with zero attached hydrogens (tertiary/aromatic N) is 2. The maximum Gasteiger partial charge on any atom is 0.191 e. The lowest BCUT2D eigenvalue weighted by Crippen LogP contribution is -2.38. The molecule has 0 atom stereocenters. The lowest BCUT2D eigenvalue weighted by Gasteiger charge is -2.10. The number of aryl methyl sites for hydroxylation is 3. The second-order valence-corrected chi connectivity index (χ2v) is 6.56. The minimum absolute atomic E-state index is 0.708. The van der Waals surface area contributed by atoms with Crippen molar-refractivity contribution in [2.24, 2.45) is 4.99 Å². The fraction of sp³-hybridized carbons (Fsp3) is 0.500. The number of rotatable bonds is 6. The summed E-state index contributed by atoms with van der Waals surface area (Å²) in [6, 6.07) is 4.27. The number of nitrogens with one attached hydrogen (secondary N) is 2. The molecular weight excluding hydrogens is 296 g/mol. The Hall–Kier alpha value is -1.82. The highest BCUT2D eigenvalue weighted by Gasteiger charge is 2.08. The largest absolute Gasteiger partial charge is 0.361 e. The number of thiophene rings is 1. The number of guanidine groups is 1. The lowest BCUT2D eigenvalue weighted by atomic mass is 10.1. The molecule has 2 rings (SSSR count). The first-order valence-electron chi connectivity index (χ1n) is 7.59. The van der Waals surface area contributed by atoms with Crippen LogP contribution in [0, 0.1) is 20.8 Å². The SMILES string of the molecule is CCNC(=NCc1ccc(C)s1)NCCc1c(C)noc1C. The van der Waals surface area contributed by atoms with Crippen molar-refractivity contribution < 1.29 is 4.52 Å². The molecule has 2 aromatic heterocycles. The molecule has 22 heavy (non-hydrogen) atoms. The lowest BCUT2D eigenvalue weighted by molar-refractivity contribution is 0.392. The van der Waals surface area contributed by atoms with Crippen LogP contribution >= 0.6 is 11.3 Å². The molecule has 0 aliphatic heterocycles. The number of hydrogen-bond acceptors (Lipinski definition) is 4. The van der Waals surface area contributed by atoms with Crippen LogP contribution in [0.5, 0.6) is 0 Å². The Kier molecular flexibility index (Phi) is 6.00. The van der Waals surface area contributed by atoms with Gasteiger partial charge in [-0.2, -0.15) is 0 Å². The minimum atomic E-state index is 0.708. The molecule has 0 fully saturated rings. The van der Waals surface area contributed by atoms with Gasteiger partial charge in [-0.1, -0.05) is 5.16 Å². The predicted molar refractivity (Wildman–Crippen MR) is 91.6 cm³/mol. The third kappa shape index (κ3) is 4.59. The van der Waals surface area contributed by atoms with E-state index in [1.165, 1.54) is 15.3 Å². The molecule has 0 saturated heterocycles. The molecule has 0 unspecified atom stereocenters. The van der Waals surface area contributed by atoms with Gasteiger partial charge in [0.25, 0.3) is 0 Å². The van der Waals surface area contributed by atoms with Crippen LogP contribution in [0.2, 0.25) is 0 Å². The van der Waals surface area contributed by atoms with Gasteiger partial charge in [-0.05, 0) is 46.2 Å². The van der Waals surface area contributed by atoms with E-state index in [1.54, 1.807) is 11.3 Å². The highest BCUT2D eigenvalue weighted by atomic mass is 32.1. The highest BCUT2D eigenvalue weighted by molar-refractivity contribution is 7.11. The van der Waals surface area contributed by atoms with E-state index in [-0.39, 0.29) is 0 Å². The van der Waals surface area contributed by atoms with Crippen molar-refractivity contribution in [3.8, 4) is 0 Å².